The van der Waals surface area contributed by atoms with Crippen molar-refractivity contribution in [3.8, 4) is 0 Å². The minimum Gasteiger partial charge on any atom is -0.378 e. The Balaban J connectivity index is 1.19. The number of likely N-dealkylation sites (tertiary alicyclic amines) is 1. The average molecular weight is 575 g/mol. The molecule has 10 heteroatoms. The van der Waals surface area contributed by atoms with Crippen LogP contribution in [-0.2, 0) is 14.4 Å². The van der Waals surface area contributed by atoms with Crippen LogP contribution in [0.25, 0.3) is 0 Å². The van der Waals surface area contributed by atoms with Crippen LogP contribution < -0.4 is 15.1 Å². The molecule has 206 valence electrons. The summed E-state index contributed by atoms with van der Waals surface area (Å²) in [5, 5.41) is 3.88. The number of aromatic amines is 1. The molecule has 3 heterocycles. The average Bonchev–Trinajstić information content (AvgIpc) is 3.66. The van der Waals surface area contributed by atoms with Crippen molar-refractivity contribution in [1.29, 1.82) is 0 Å². The number of imide groups is 1. The van der Waals surface area contributed by atoms with E-state index in [2.05, 4.69) is 39.5 Å². The highest BCUT2D eigenvalue weighted by atomic mass is 32.2. The summed E-state index contributed by atoms with van der Waals surface area (Å²) in [6, 6.07) is 15.9. The standard InChI is InChI=1S/C30H30N4O4S2/c1-14-6-4-5-7-19(14)31-20(35)13-34-28(36)23-17-12-18(24(23)29(34)37)25-22(17)21(26-27(39-25)32-30(38)40-26)15-8-10-16(11-9-15)33(2)3/h4-11,17-18,21-25H,12-13H2,1-3H3,(H,31,35)(H,32,38)/t17?,18?,21-,22?,23?,24?,25?/m1/s1. The summed E-state index contributed by atoms with van der Waals surface area (Å²) < 4.78 is 0. The van der Waals surface area contributed by atoms with E-state index in [1.165, 1.54) is 16.2 Å². The number of hydrogen-bond acceptors (Lipinski definition) is 7. The van der Waals surface area contributed by atoms with Crippen LogP contribution >= 0.6 is 23.1 Å². The summed E-state index contributed by atoms with van der Waals surface area (Å²) in [6.45, 7) is 1.64. The van der Waals surface area contributed by atoms with Gasteiger partial charge in [-0.1, -0.05) is 41.7 Å². The van der Waals surface area contributed by atoms with E-state index in [-0.39, 0.29) is 58.1 Å². The van der Waals surface area contributed by atoms with E-state index < -0.39 is 11.8 Å². The SMILES string of the molecule is Cc1ccccc1NC(=O)CN1C(=O)C2C3CC(C2C1=O)C1C3Sc2[nH]c(=O)sc2[C@@H]1c1ccc(N(C)C)cc1. The molecule has 2 aliphatic carbocycles. The molecule has 4 aliphatic rings. The summed E-state index contributed by atoms with van der Waals surface area (Å²) >= 11 is 2.93. The molecule has 1 saturated heterocycles. The highest BCUT2D eigenvalue weighted by molar-refractivity contribution is 8.00. The lowest BCUT2D eigenvalue weighted by Crippen LogP contribution is -2.42. The Hall–Kier alpha value is -3.37. The Kier molecular flexibility index (Phi) is 5.98. The number of benzene rings is 2. The molecule has 7 atom stereocenters. The highest BCUT2D eigenvalue weighted by Gasteiger charge is 2.69. The number of aryl methyl sites for hydroxylation is 1. The topological polar surface area (TPSA) is 103 Å². The predicted octanol–water partition coefficient (Wildman–Crippen LogP) is 3.92. The molecular weight excluding hydrogens is 544 g/mol. The van der Waals surface area contributed by atoms with Gasteiger partial charge in [-0.05, 0) is 60.4 Å². The van der Waals surface area contributed by atoms with Crippen molar-refractivity contribution in [2.24, 2.45) is 29.6 Å². The number of thioether (sulfide) groups is 1. The number of H-pyrrole nitrogens is 1. The van der Waals surface area contributed by atoms with Crippen molar-refractivity contribution in [1.82, 2.24) is 9.88 Å². The number of para-hydroxylation sites is 1. The molecule has 8 nitrogen and oxygen atoms in total. The van der Waals surface area contributed by atoms with Gasteiger partial charge in [-0.25, -0.2) is 0 Å². The van der Waals surface area contributed by atoms with Crippen molar-refractivity contribution in [3.63, 3.8) is 0 Å². The number of aromatic nitrogens is 1. The van der Waals surface area contributed by atoms with Gasteiger partial charge in [0.15, 0.2) is 0 Å². The van der Waals surface area contributed by atoms with Gasteiger partial charge in [-0.3, -0.25) is 24.1 Å². The molecule has 2 aromatic carbocycles. The summed E-state index contributed by atoms with van der Waals surface area (Å²) in [7, 11) is 4.01. The molecule has 7 rings (SSSR count). The third kappa shape index (κ3) is 3.79. The van der Waals surface area contributed by atoms with Crippen molar-refractivity contribution in [3.05, 3.63) is 74.2 Å². The van der Waals surface area contributed by atoms with Gasteiger partial charge in [-0.2, -0.15) is 0 Å². The Bertz CT molecular complexity index is 1600. The summed E-state index contributed by atoms with van der Waals surface area (Å²) in [5.41, 5.74) is 3.82. The van der Waals surface area contributed by atoms with Crippen LogP contribution in [0.5, 0.6) is 0 Å². The number of nitrogens with zero attached hydrogens (tertiary/aromatic N) is 2. The van der Waals surface area contributed by atoms with E-state index in [4.69, 9.17) is 0 Å². The van der Waals surface area contributed by atoms with Gasteiger partial charge in [-0.15, -0.1) is 11.8 Å². The van der Waals surface area contributed by atoms with Gasteiger partial charge >= 0.3 is 4.87 Å². The smallest absolute Gasteiger partial charge is 0.305 e. The van der Waals surface area contributed by atoms with Crippen LogP contribution in [0.15, 0.2) is 58.4 Å². The second-order valence-corrected chi connectivity index (χ2v) is 13.8. The maximum Gasteiger partial charge on any atom is 0.305 e. The van der Waals surface area contributed by atoms with Gasteiger partial charge in [0.05, 0.1) is 16.9 Å². The first-order valence-electron chi connectivity index (χ1n) is 13.6. The number of nitrogens with one attached hydrogen (secondary N) is 2. The fourth-order valence-electron chi connectivity index (χ4n) is 7.63. The zero-order chi connectivity index (χ0) is 27.9. The zero-order valence-corrected chi connectivity index (χ0v) is 24.1. The fraction of sp³-hybridized carbons (Fsp3) is 0.400. The molecule has 2 aliphatic heterocycles. The van der Waals surface area contributed by atoms with Gasteiger partial charge in [0.25, 0.3) is 0 Å². The van der Waals surface area contributed by atoms with Gasteiger partial charge in [0.2, 0.25) is 17.7 Å². The molecule has 6 unspecified atom stereocenters. The van der Waals surface area contributed by atoms with E-state index in [1.807, 2.05) is 45.3 Å². The van der Waals surface area contributed by atoms with Gasteiger partial charge in [0.1, 0.15) is 6.54 Å². The first-order chi connectivity index (χ1) is 19.2. The molecule has 3 amide bonds. The molecular formula is C30H30N4O4S2. The Morgan fingerprint density at radius 2 is 1.73 bits per heavy atom. The third-order valence-corrected chi connectivity index (χ3v) is 11.9. The number of hydrogen-bond donors (Lipinski definition) is 2. The maximum atomic E-state index is 13.8. The molecule has 2 saturated carbocycles. The second kappa shape index (κ2) is 9.34. The van der Waals surface area contributed by atoms with Crippen LogP contribution in [0, 0.1) is 36.5 Å². The maximum absolute atomic E-state index is 13.8. The molecule has 40 heavy (non-hydrogen) atoms. The summed E-state index contributed by atoms with van der Waals surface area (Å²) in [4.78, 5) is 60.1. The number of thiazole rings is 1. The third-order valence-electron chi connectivity index (χ3n) is 9.30. The molecule has 2 bridgehead atoms. The Morgan fingerprint density at radius 1 is 1.02 bits per heavy atom. The van der Waals surface area contributed by atoms with Gasteiger partial charge < -0.3 is 15.2 Å². The summed E-state index contributed by atoms with van der Waals surface area (Å²) in [5.74, 6) is -1.44. The molecule has 2 N–H and O–H groups in total. The van der Waals surface area contributed by atoms with Crippen molar-refractivity contribution >= 4 is 52.2 Å². The van der Waals surface area contributed by atoms with E-state index in [1.54, 1.807) is 11.8 Å². The lowest BCUT2D eigenvalue weighted by molar-refractivity contribution is -0.143. The van der Waals surface area contributed by atoms with E-state index in [0.29, 0.717) is 5.69 Å². The lowest BCUT2D eigenvalue weighted by Gasteiger charge is -2.43. The monoisotopic (exact) mass is 574 g/mol. The molecule has 3 aromatic rings. The highest BCUT2D eigenvalue weighted by Crippen LogP contribution is 2.68. The number of anilines is 2. The number of carbonyl (C=O) groups is 3. The first kappa shape index (κ1) is 25.6. The number of amides is 3. The minimum atomic E-state index is -0.411. The lowest BCUT2D eigenvalue weighted by atomic mass is 9.68. The Morgan fingerprint density at radius 3 is 2.42 bits per heavy atom. The van der Waals surface area contributed by atoms with Crippen LogP contribution in [-0.4, -0.2) is 53.5 Å². The molecule has 0 radical (unpaired) electrons. The molecule has 1 aromatic heterocycles. The van der Waals surface area contributed by atoms with Crippen molar-refractivity contribution in [2.45, 2.75) is 29.5 Å². The van der Waals surface area contributed by atoms with Crippen molar-refractivity contribution in [2.75, 3.05) is 30.9 Å². The van der Waals surface area contributed by atoms with Crippen LogP contribution in [0.4, 0.5) is 11.4 Å². The van der Waals surface area contributed by atoms with Crippen LogP contribution in [0.3, 0.4) is 0 Å². The van der Waals surface area contributed by atoms with Crippen LogP contribution in [0.1, 0.15) is 28.3 Å². The number of rotatable bonds is 5. The second-order valence-electron chi connectivity index (χ2n) is 11.6. The van der Waals surface area contributed by atoms with E-state index >= 15 is 0 Å². The van der Waals surface area contributed by atoms with Gasteiger partial charge in [0, 0.05) is 41.5 Å². The van der Waals surface area contributed by atoms with E-state index in [0.717, 1.165) is 33.1 Å². The van der Waals surface area contributed by atoms with Crippen LogP contribution in [0.2, 0.25) is 0 Å². The molecule has 3 fully saturated rings. The zero-order valence-electron chi connectivity index (χ0n) is 22.4. The predicted molar refractivity (Wildman–Crippen MR) is 156 cm³/mol. The Labute approximate surface area is 240 Å². The normalized spacial score (nSPS) is 29.8. The first-order valence-corrected chi connectivity index (χ1v) is 15.3. The fourth-order valence-corrected chi connectivity index (χ4v) is 10.5. The molecule has 0 spiro atoms. The van der Waals surface area contributed by atoms with E-state index in [9.17, 15) is 19.2 Å². The number of fused-ring (bicyclic) bond motifs is 9. The number of carbonyl (C=O) groups excluding carboxylic acids is 3. The largest absolute Gasteiger partial charge is 0.378 e. The minimum absolute atomic E-state index is 0.0151. The quantitative estimate of drug-likeness (QED) is 0.448. The summed E-state index contributed by atoms with van der Waals surface area (Å²) in [6.07, 6.45) is 0.823. The van der Waals surface area contributed by atoms with Crippen molar-refractivity contribution < 1.29 is 14.4 Å².